The van der Waals surface area contributed by atoms with Crippen LogP contribution in [0.4, 0.5) is 11.5 Å². The van der Waals surface area contributed by atoms with Crippen LogP contribution in [0.2, 0.25) is 0 Å². The molecule has 0 spiro atoms. The normalized spacial score (nSPS) is 17.2. The number of aromatic nitrogens is 2. The van der Waals surface area contributed by atoms with Crippen molar-refractivity contribution in [2.75, 3.05) is 22.5 Å². The second-order valence-corrected chi connectivity index (χ2v) is 8.22. The summed E-state index contributed by atoms with van der Waals surface area (Å²) in [5.41, 5.74) is 0.793. The minimum absolute atomic E-state index is 0.0399. The zero-order valence-electron chi connectivity index (χ0n) is 14.8. The first kappa shape index (κ1) is 19.2. The molecule has 1 fully saturated rings. The van der Waals surface area contributed by atoms with E-state index in [0.29, 0.717) is 11.8 Å². The molecule has 1 aromatic heterocycles. The van der Waals surface area contributed by atoms with Gasteiger partial charge in [0, 0.05) is 28.8 Å². The third-order valence-corrected chi connectivity index (χ3v) is 5.95. The maximum Gasteiger partial charge on any atom is 0.234 e. The molecule has 1 amide bonds. The smallest absolute Gasteiger partial charge is 0.234 e. The molecule has 2 heterocycles. The first-order valence-electron chi connectivity index (χ1n) is 8.92. The summed E-state index contributed by atoms with van der Waals surface area (Å²) in [6, 6.07) is 10.1. The van der Waals surface area contributed by atoms with E-state index in [1.165, 1.54) is 31.0 Å². The highest BCUT2D eigenvalue weighted by Gasteiger charge is 2.22. The average molecular weight is 435 g/mol. The number of benzene rings is 1. The Morgan fingerprint density at radius 2 is 2.12 bits per heavy atom. The number of halogens is 1. The molecule has 1 aromatic carbocycles. The van der Waals surface area contributed by atoms with Crippen LogP contribution < -0.4 is 10.2 Å². The summed E-state index contributed by atoms with van der Waals surface area (Å²) in [7, 11) is 0. The first-order chi connectivity index (χ1) is 12.7. The zero-order chi connectivity index (χ0) is 18.4. The van der Waals surface area contributed by atoms with Crippen LogP contribution in [0.1, 0.15) is 32.6 Å². The number of anilines is 2. The van der Waals surface area contributed by atoms with E-state index in [9.17, 15) is 4.79 Å². The molecule has 7 heteroatoms. The van der Waals surface area contributed by atoms with Crippen molar-refractivity contribution in [1.29, 1.82) is 0 Å². The predicted octanol–water partition coefficient (Wildman–Crippen LogP) is 4.74. The van der Waals surface area contributed by atoms with Gasteiger partial charge in [0.1, 0.15) is 17.2 Å². The maximum atomic E-state index is 12.2. The van der Waals surface area contributed by atoms with Crippen LogP contribution in [0.15, 0.2) is 46.2 Å². The lowest BCUT2D eigenvalue weighted by molar-refractivity contribution is -0.113. The van der Waals surface area contributed by atoms with Gasteiger partial charge >= 0.3 is 0 Å². The van der Waals surface area contributed by atoms with Gasteiger partial charge in [-0.15, -0.1) is 0 Å². The Morgan fingerprint density at radius 1 is 1.31 bits per heavy atom. The van der Waals surface area contributed by atoms with Crippen LogP contribution in [0.25, 0.3) is 0 Å². The van der Waals surface area contributed by atoms with Crippen molar-refractivity contribution in [2.45, 2.75) is 43.7 Å². The van der Waals surface area contributed by atoms with Crippen LogP contribution in [0, 0.1) is 0 Å². The maximum absolute atomic E-state index is 12.2. The molecule has 3 rings (SSSR count). The summed E-state index contributed by atoms with van der Waals surface area (Å²) < 4.78 is 0.987. The Labute approximate surface area is 167 Å². The summed E-state index contributed by atoms with van der Waals surface area (Å²) in [6.45, 7) is 3.27. The van der Waals surface area contributed by atoms with Gasteiger partial charge in [-0.05, 0) is 49.9 Å². The van der Waals surface area contributed by atoms with Crippen molar-refractivity contribution in [1.82, 2.24) is 9.97 Å². The van der Waals surface area contributed by atoms with Crippen LogP contribution in [-0.4, -0.2) is 34.2 Å². The Morgan fingerprint density at radius 3 is 2.88 bits per heavy atom. The van der Waals surface area contributed by atoms with Crippen LogP contribution in [0.3, 0.4) is 0 Å². The second-order valence-electron chi connectivity index (χ2n) is 6.31. The van der Waals surface area contributed by atoms with Gasteiger partial charge in [-0.3, -0.25) is 4.79 Å². The lowest BCUT2D eigenvalue weighted by Gasteiger charge is -2.36. The number of carbonyl (C=O) groups excluding carboxylic acids is 1. The van der Waals surface area contributed by atoms with Crippen molar-refractivity contribution in [2.24, 2.45) is 0 Å². The Kier molecular flexibility index (Phi) is 6.91. The minimum atomic E-state index is -0.0399. The van der Waals surface area contributed by atoms with Gasteiger partial charge in [-0.1, -0.05) is 34.6 Å². The monoisotopic (exact) mass is 434 g/mol. The van der Waals surface area contributed by atoms with Crippen molar-refractivity contribution < 1.29 is 4.79 Å². The number of piperidine rings is 1. The molecule has 1 aliphatic heterocycles. The van der Waals surface area contributed by atoms with E-state index in [0.717, 1.165) is 34.0 Å². The number of thioether (sulfide) groups is 1. The summed E-state index contributed by atoms with van der Waals surface area (Å²) in [6.07, 6.45) is 6.45. The Bertz CT molecular complexity index is 741. The van der Waals surface area contributed by atoms with E-state index >= 15 is 0 Å². The van der Waals surface area contributed by atoms with Gasteiger partial charge in [0.15, 0.2) is 0 Å². The lowest BCUT2D eigenvalue weighted by atomic mass is 10.0. The molecule has 5 nitrogen and oxygen atoms in total. The van der Waals surface area contributed by atoms with Crippen molar-refractivity contribution in [3.05, 3.63) is 41.1 Å². The van der Waals surface area contributed by atoms with Crippen LogP contribution >= 0.6 is 27.7 Å². The molecule has 0 saturated carbocycles. The third kappa shape index (κ3) is 5.20. The van der Waals surface area contributed by atoms with E-state index < -0.39 is 0 Å². The van der Waals surface area contributed by atoms with Gasteiger partial charge < -0.3 is 10.2 Å². The van der Waals surface area contributed by atoms with Gasteiger partial charge in [-0.2, -0.15) is 0 Å². The molecular weight excluding hydrogens is 412 g/mol. The highest BCUT2D eigenvalue weighted by molar-refractivity contribution is 9.10. The number of nitrogens with zero attached hydrogens (tertiary/aromatic N) is 3. The summed E-state index contributed by atoms with van der Waals surface area (Å²) in [4.78, 5) is 23.3. The van der Waals surface area contributed by atoms with E-state index in [2.05, 4.69) is 43.0 Å². The number of amides is 1. The molecule has 1 N–H and O–H groups in total. The molecule has 0 unspecified atom stereocenters. The van der Waals surface area contributed by atoms with E-state index in [4.69, 9.17) is 0 Å². The van der Waals surface area contributed by atoms with Gasteiger partial charge in [0.05, 0.1) is 5.75 Å². The molecule has 2 aromatic rings. The summed E-state index contributed by atoms with van der Waals surface area (Å²) in [5, 5.41) is 3.73. The number of hydrogen-bond donors (Lipinski definition) is 1. The number of nitrogens with one attached hydrogen (secondary N) is 1. The van der Waals surface area contributed by atoms with Crippen molar-refractivity contribution >= 4 is 45.1 Å². The topological polar surface area (TPSA) is 58.1 Å². The van der Waals surface area contributed by atoms with E-state index in [-0.39, 0.29) is 5.91 Å². The fourth-order valence-corrected chi connectivity index (χ4v) is 4.09. The third-order valence-electron chi connectivity index (χ3n) is 4.50. The van der Waals surface area contributed by atoms with Crippen LogP contribution in [-0.2, 0) is 4.79 Å². The van der Waals surface area contributed by atoms with Crippen LogP contribution in [0.5, 0.6) is 0 Å². The molecule has 1 aliphatic rings. The largest absolute Gasteiger partial charge is 0.354 e. The molecule has 1 saturated heterocycles. The van der Waals surface area contributed by atoms with Gasteiger partial charge in [-0.25, -0.2) is 9.97 Å². The SMILES string of the molecule is CC[C@H]1CCCCN1c1cc(SCC(=O)Nc2ccc(Br)cc2)ncn1. The number of carbonyl (C=O) groups is 1. The van der Waals surface area contributed by atoms with Gasteiger partial charge in [0.2, 0.25) is 5.91 Å². The molecule has 0 aliphatic carbocycles. The second kappa shape index (κ2) is 9.37. The fourth-order valence-electron chi connectivity index (χ4n) is 3.16. The Hall–Kier alpha value is -1.60. The van der Waals surface area contributed by atoms with Crippen molar-refractivity contribution in [3.8, 4) is 0 Å². The fraction of sp³-hybridized carbons (Fsp3) is 0.421. The summed E-state index contributed by atoms with van der Waals surface area (Å²) in [5.74, 6) is 1.26. The van der Waals surface area contributed by atoms with E-state index in [1.807, 2.05) is 30.3 Å². The first-order valence-corrected chi connectivity index (χ1v) is 10.7. The molecule has 138 valence electrons. The molecular formula is C19H23BrN4OS. The standard InChI is InChI=1S/C19H23BrN4OS/c1-2-16-5-3-4-10-24(16)17-11-19(22-13-21-17)26-12-18(25)23-15-8-6-14(20)7-9-15/h6-9,11,13,16H,2-5,10,12H2,1H3,(H,23,25)/t16-/m0/s1. The highest BCUT2D eigenvalue weighted by atomic mass is 79.9. The number of rotatable bonds is 6. The molecule has 1 atom stereocenters. The quantitative estimate of drug-likeness (QED) is 0.525. The Balaban J connectivity index is 1.58. The number of hydrogen-bond acceptors (Lipinski definition) is 5. The van der Waals surface area contributed by atoms with Crippen molar-refractivity contribution in [3.63, 3.8) is 0 Å². The molecule has 26 heavy (non-hydrogen) atoms. The lowest BCUT2D eigenvalue weighted by Crippen LogP contribution is -2.39. The highest BCUT2D eigenvalue weighted by Crippen LogP contribution is 2.27. The predicted molar refractivity (Wildman–Crippen MR) is 111 cm³/mol. The molecule has 0 bridgehead atoms. The zero-order valence-corrected chi connectivity index (χ0v) is 17.2. The minimum Gasteiger partial charge on any atom is -0.354 e. The van der Waals surface area contributed by atoms with Gasteiger partial charge in [0.25, 0.3) is 0 Å². The van der Waals surface area contributed by atoms with E-state index in [1.54, 1.807) is 6.33 Å². The summed E-state index contributed by atoms with van der Waals surface area (Å²) >= 11 is 4.83. The average Bonchev–Trinajstić information content (AvgIpc) is 2.68. The molecule has 0 radical (unpaired) electrons.